The molecule has 150 valence electrons. The van der Waals surface area contributed by atoms with Crippen LogP contribution in [0.2, 0.25) is 0 Å². The average molecular weight is 414 g/mol. The van der Waals surface area contributed by atoms with E-state index in [0.29, 0.717) is 16.1 Å². The molecule has 0 radical (unpaired) electrons. The topological polar surface area (TPSA) is 124 Å². The number of aliphatic carboxylic acids is 2. The number of carbonyl (C=O) groups excluding carboxylic acids is 2. The smallest absolute Gasteiger partial charge is 0.325 e. The summed E-state index contributed by atoms with van der Waals surface area (Å²) < 4.78 is 0. The van der Waals surface area contributed by atoms with Crippen molar-refractivity contribution in [1.82, 2.24) is 5.32 Å². The Morgan fingerprint density at radius 1 is 1.14 bits per heavy atom. The van der Waals surface area contributed by atoms with Crippen LogP contribution in [-0.2, 0) is 19.2 Å². The van der Waals surface area contributed by atoms with Gasteiger partial charge >= 0.3 is 11.9 Å². The Morgan fingerprint density at radius 2 is 1.86 bits per heavy atom. The number of anilines is 1. The van der Waals surface area contributed by atoms with Crippen LogP contribution in [-0.4, -0.2) is 39.5 Å². The van der Waals surface area contributed by atoms with E-state index in [1.54, 1.807) is 48.7 Å². The van der Waals surface area contributed by atoms with Crippen LogP contribution in [0.5, 0.6) is 0 Å². The molecule has 0 bridgehead atoms. The summed E-state index contributed by atoms with van der Waals surface area (Å²) in [7, 11) is 0. The van der Waals surface area contributed by atoms with Crippen molar-refractivity contribution in [3.05, 3.63) is 52.2 Å². The van der Waals surface area contributed by atoms with Gasteiger partial charge in [-0.2, -0.15) is 0 Å². The first-order valence-corrected chi connectivity index (χ1v) is 9.85. The summed E-state index contributed by atoms with van der Waals surface area (Å²) in [6.45, 7) is 1.75. The predicted octanol–water partition coefficient (Wildman–Crippen LogP) is 1.80. The number of fused-ring (bicyclic) bond motifs is 1. The predicted molar refractivity (Wildman–Crippen MR) is 103 cm³/mol. The van der Waals surface area contributed by atoms with E-state index >= 15 is 0 Å². The van der Waals surface area contributed by atoms with Gasteiger partial charge in [-0.05, 0) is 30.0 Å². The van der Waals surface area contributed by atoms with Gasteiger partial charge in [-0.25, -0.2) is 4.90 Å². The average Bonchev–Trinajstić information content (AvgIpc) is 3.34. The second-order valence-corrected chi connectivity index (χ2v) is 8.27. The third-order valence-corrected chi connectivity index (χ3v) is 6.63. The number of benzene rings is 1. The Kier molecular flexibility index (Phi) is 4.51. The monoisotopic (exact) mass is 414 g/mol. The summed E-state index contributed by atoms with van der Waals surface area (Å²) in [5.41, 5.74) is -1.000. The summed E-state index contributed by atoms with van der Waals surface area (Å²) in [6.07, 6.45) is -0.813. The Morgan fingerprint density at radius 3 is 2.45 bits per heavy atom. The lowest BCUT2D eigenvalue weighted by Gasteiger charge is -2.29. The quantitative estimate of drug-likeness (QED) is 0.637. The molecule has 0 saturated carbocycles. The van der Waals surface area contributed by atoms with Crippen LogP contribution >= 0.6 is 11.3 Å². The van der Waals surface area contributed by atoms with Gasteiger partial charge in [0.15, 0.2) is 0 Å². The van der Waals surface area contributed by atoms with Gasteiger partial charge in [0, 0.05) is 4.88 Å². The number of para-hydroxylation sites is 1. The summed E-state index contributed by atoms with van der Waals surface area (Å²) in [4.78, 5) is 52.3. The van der Waals surface area contributed by atoms with Crippen molar-refractivity contribution in [1.29, 1.82) is 0 Å². The highest BCUT2D eigenvalue weighted by atomic mass is 32.1. The number of thiophene rings is 1. The molecular weight excluding hydrogens is 396 g/mol. The van der Waals surface area contributed by atoms with Crippen molar-refractivity contribution < 1.29 is 29.4 Å². The van der Waals surface area contributed by atoms with Crippen molar-refractivity contribution in [3.63, 3.8) is 0 Å². The zero-order chi connectivity index (χ0) is 20.9. The zero-order valence-electron chi connectivity index (χ0n) is 15.4. The van der Waals surface area contributed by atoms with E-state index < -0.39 is 53.6 Å². The maximum atomic E-state index is 13.4. The minimum atomic E-state index is -2.07. The number of hydrogen-bond acceptors (Lipinski definition) is 6. The van der Waals surface area contributed by atoms with E-state index in [0.717, 1.165) is 4.90 Å². The molecule has 1 aromatic heterocycles. The minimum Gasteiger partial charge on any atom is -0.481 e. The Balaban J connectivity index is 1.89. The van der Waals surface area contributed by atoms with Crippen molar-refractivity contribution in [2.24, 2.45) is 11.8 Å². The first kappa shape index (κ1) is 19.3. The zero-order valence-corrected chi connectivity index (χ0v) is 16.2. The minimum absolute atomic E-state index is 0.386. The molecule has 4 atom stereocenters. The Labute approximate surface area is 169 Å². The highest BCUT2D eigenvalue weighted by molar-refractivity contribution is 7.10. The highest BCUT2D eigenvalue weighted by Crippen LogP contribution is 2.51. The number of aryl methyl sites for hydroxylation is 1. The molecule has 29 heavy (non-hydrogen) atoms. The normalized spacial score (nSPS) is 28.6. The second kappa shape index (κ2) is 6.78. The molecule has 0 aliphatic carbocycles. The van der Waals surface area contributed by atoms with Gasteiger partial charge in [-0.1, -0.05) is 24.3 Å². The van der Waals surface area contributed by atoms with Crippen molar-refractivity contribution >= 4 is 40.8 Å². The molecule has 2 saturated heterocycles. The highest BCUT2D eigenvalue weighted by Gasteiger charge is 2.69. The number of carbonyl (C=O) groups is 4. The van der Waals surface area contributed by atoms with Crippen molar-refractivity contribution in [2.45, 2.75) is 24.9 Å². The van der Waals surface area contributed by atoms with Crippen LogP contribution in [0.4, 0.5) is 5.69 Å². The number of hydrogen-bond donors (Lipinski definition) is 3. The van der Waals surface area contributed by atoms with E-state index in [9.17, 15) is 29.4 Å². The van der Waals surface area contributed by atoms with Crippen molar-refractivity contribution in [3.8, 4) is 0 Å². The molecule has 1 aromatic carbocycles. The summed E-state index contributed by atoms with van der Waals surface area (Å²) in [5, 5.41) is 24.0. The summed E-state index contributed by atoms with van der Waals surface area (Å²) in [5.74, 6) is -6.36. The maximum Gasteiger partial charge on any atom is 0.325 e. The number of rotatable bonds is 5. The summed E-state index contributed by atoms with van der Waals surface area (Å²) >= 11 is 1.32. The SMILES string of the molecule is Cc1ccccc1N1C(=O)C2C(c3cccs3)NC(CC(=O)O)(C(=O)O)C2C1=O. The molecule has 2 aliphatic rings. The van der Waals surface area contributed by atoms with Crippen LogP contribution in [0.25, 0.3) is 0 Å². The fourth-order valence-electron chi connectivity index (χ4n) is 4.44. The molecule has 3 heterocycles. The van der Waals surface area contributed by atoms with Crippen LogP contribution < -0.4 is 10.2 Å². The molecule has 2 aliphatic heterocycles. The standard InChI is InChI=1S/C20H18N2O6S/c1-10-5-2-3-6-11(10)22-17(25)14-15(18(22)26)20(19(27)28,9-13(23)24)21-16(14)12-7-4-8-29-12/h2-8,14-16,21H,9H2,1H3,(H,23,24)(H,27,28). The van der Waals surface area contributed by atoms with Crippen molar-refractivity contribution in [2.75, 3.05) is 4.90 Å². The number of imide groups is 1. The van der Waals surface area contributed by atoms with Gasteiger partial charge in [-0.3, -0.25) is 24.5 Å². The molecule has 2 fully saturated rings. The molecule has 4 rings (SSSR count). The maximum absolute atomic E-state index is 13.4. The lowest BCUT2D eigenvalue weighted by Crippen LogP contribution is -2.57. The third kappa shape index (κ3) is 2.77. The fourth-order valence-corrected chi connectivity index (χ4v) is 5.26. The number of carboxylic acids is 2. The van der Waals surface area contributed by atoms with Crippen LogP contribution in [0, 0.1) is 18.8 Å². The van der Waals surface area contributed by atoms with Gasteiger partial charge < -0.3 is 10.2 Å². The first-order chi connectivity index (χ1) is 13.8. The van der Waals surface area contributed by atoms with Gasteiger partial charge in [-0.15, -0.1) is 11.3 Å². The van der Waals surface area contributed by atoms with Gasteiger partial charge in [0.1, 0.15) is 5.54 Å². The number of nitrogens with one attached hydrogen (secondary N) is 1. The Hall–Kier alpha value is -3.04. The molecular formula is C20H18N2O6S. The van der Waals surface area contributed by atoms with E-state index in [2.05, 4.69) is 5.32 Å². The van der Waals surface area contributed by atoms with Crippen LogP contribution in [0.1, 0.15) is 22.9 Å². The molecule has 4 unspecified atom stereocenters. The van der Waals surface area contributed by atoms with Gasteiger partial charge in [0.25, 0.3) is 0 Å². The van der Waals surface area contributed by atoms with E-state index in [1.807, 2.05) is 0 Å². The number of carboxylic acid groups (broad SMARTS) is 2. The molecule has 2 aromatic rings. The van der Waals surface area contributed by atoms with E-state index in [-0.39, 0.29) is 0 Å². The number of nitrogens with zero attached hydrogens (tertiary/aromatic N) is 1. The molecule has 9 heteroatoms. The number of amides is 2. The molecule has 0 spiro atoms. The van der Waals surface area contributed by atoms with Gasteiger partial charge in [0.05, 0.1) is 30.0 Å². The largest absolute Gasteiger partial charge is 0.481 e. The lowest BCUT2D eigenvalue weighted by molar-refractivity contribution is -0.154. The van der Waals surface area contributed by atoms with Crippen LogP contribution in [0.3, 0.4) is 0 Å². The van der Waals surface area contributed by atoms with Crippen LogP contribution in [0.15, 0.2) is 41.8 Å². The molecule has 3 N–H and O–H groups in total. The molecule has 2 amide bonds. The van der Waals surface area contributed by atoms with E-state index in [1.165, 1.54) is 11.3 Å². The summed E-state index contributed by atoms with van der Waals surface area (Å²) in [6, 6.07) is 9.57. The van der Waals surface area contributed by atoms with E-state index in [4.69, 9.17) is 0 Å². The van der Waals surface area contributed by atoms with Gasteiger partial charge in [0.2, 0.25) is 11.8 Å². The molecule has 8 nitrogen and oxygen atoms in total. The second-order valence-electron chi connectivity index (χ2n) is 7.29. The Bertz CT molecular complexity index is 1020. The third-order valence-electron chi connectivity index (χ3n) is 5.67. The lowest BCUT2D eigenvalue weighted by atomic mass is 9.78. The fraction of sp³-hybridized carbons (Fsp3) is 0.300. The first-order valence-electron chi connectivity index (χ1n) is 8.97.